The number of hydrogen-bond donors (Lipinski definition) is 1. The van der Waals surface area contributed by atoms with Crippen LogP contribution in [-0.2, 0) is 17.6 Å². The van der Waals surface area contributed by atoms with Crippen molar-refractivity contribution in [3.63, 3.8) is 0 Å². The highest BCUT2D eigenvalue weighted by atomic mass is 19.3. The van der Waals surface area contributed by atoms with Crippen LogP contribution in [0.5, 0.6) is 5.75 Å². The molecule has 198 valence electrons. The summed E-state index contributed by atoms with van der Waals surface area (Å²) in [4.78, 5) is 25.2. The van der Waals surface area contributed by atoms with Gasteiger partial charge in [0.15, 0.2) is 0 Å². The van der Waals surface area contributed by atoms with Crippen molar-refractivity contribution in [3.05, 3.63) is 60.3 Å². The van der Waals surface area contributed by atoms with E-state index in [4.69, 9.17) is 9.97 Å². The van der Waals surface area contributed by atoms with Gasteiger partial charge in [-0.3, -0.25) is 4.79 Å². The highest BCUT2D eigenvalue weighted by molar-refractivity contribution is 5.98. The molecule has 1 aromatic heterocycles. The lowest BCUT2D eigenvalue weighted by molar-refractivity contribution is -0.141. The Balaban J connectivity index is 1.48. The summed E-state index contributed by atoms with van der Waals surface area (Å²) >= 11 is 0. The first-order valence-corrected chi connectivity index (χ1v) is 13.2. The Morgan fingerprint density at radius 3 is 2.68 bits per heavy atom. The zero-order chi connectivity index (χ0) is 26.8. The average Bonchev–Trinajstić information content (AvgIpc) is 3.27. The summed E-state index contributed by atoms with van der Waals surface area (Å²) in [6.45, 7) is 8.89. The first-order valence-electron chi connectivity index (χ1n) is 13.2. The van der Waals surface area contributed by atoms with Crippen LogP contribution in [0.2, 0.25) is 0 Å². The van der Waals surface area contributed by atoms with E-state index in [1.165, 1.54) is 6.08 Å². The van der Waals surface area contributed by atoms with Gasteiger partial charge in [-0.1, -0.05) is 44.7 Å². The van der Waals surface area contributed by atoms with E-state index in [1.807, 2.05) is 24.3 Å². The number of halogens is 2. The molecule has 3 aromatic rings. The highest BCUT2D eigenvalue weighted by Gasteiger charge is 2.59. The van der Waals surface area contributed by atoms with Crippen LogP contribution in [0.1, 0.15) is 37.9 Å². The molecule has 3 heterocycles. The third kappa shape index (κ3) is 3.92. The van der Waals surface area contributed by atoms with Crippen molar-refractivity contribution in [2.24, 2.45) is 10.8 Å². The number of carbonyl (C=O) groups is 1. The maximum Gasteiger partial charge on any atom is 0.259 e. The van der Waals surface area contributed by atoms with E-state index in [1.54, 1.807) is 21.9 Å². The van der Waals surface area contributed by atoms with Crippen molar-refractivity contribution < 1.29 is 18.7 Å². The van der Waals surface area contributed by atoms with E-state index in [2.05, 4.69) is 20.4 Å². The summed E-state index contributed by atoms with van der Waals surface area (Å²) in [6, 6.07) is 10.2. The van der Waals surface area contributed by atoms with E-state index in [0.29, 0.717) is 24.6 Å². The SMILES string of the molecule is C=CC(=O)N1CC2(CCN(c3nc4c(c(-c5cc(O)cc6ccccc56)n3)CCC(C)(C)C4)[C@@H]2C(F)F)C1. The van der Waals surface area contributed by atoms with Gasteiger partial charge in [0.2, 0.25) is 11.9 Å². The molecular formula is C30H32F2N4O2. The molecule has 2 saturated heterocycles. The van der Waals surface area contributed by atoms with Crippen molar-refractivity contribution in [1.29, 1.82) is 0 Å². The first kappa shape index (κ1) is 24.8. The molecule has 1 atom stereocenters. The van der Waals surface area contributed by atoms with Gasteiger partial charge in [-0.15, -0.1) is 0 Å². The number of fused-ring (bicyclic) bond motifs is 2. The summed E-state index contributed by atoms with van der Waals surface area (Å²) in [5.41, 5.74) is 2.75. The number of rotatable bonds is 4. The summed E-state index contributed by atoms with van der Waals surface area (Å²) in [5, 5.41) is 12.4. The van der Waals surface area contributed by atoms with Gasteiger partial charge < -0.3 is 14.9 Å². The molecule has 1 spiro atoms. The molecule has 2 aromatic carbocycles. The summed E-state index contributed by atoms with van der Waals surface area (Å²) in [5.74, 6) is 0.211. The lowest BCUT2D eigenvalue weighted by atomic mass is 9.73. The molecule has 0 radical (unpaired) electrons. The van der Waals surface area contributed by atoms with Crippen molar-refractivity contribution in [1.82, 2.24) is 14.9 Å². The molecule has 0 unspecified atom stereocenters. The van der Waals surface area contributed by atoms with E-state index >= 15 is 0 Å². The predicted octanol–water partition coefficient (Wildman–Crippen LogP) is 5.38. The van der Waals surface area contributed by atoms with Gasteiger partial charge in [-0.2, -0.15) is 0 Å². The van der Waals surface area contributed by atoms with Crippen molar-refractivity contribution >= 4 is 22.6 Å². The Morgan fingerprint density at radius 2 is 1.95 bits per heavy atom. The Labute approximate surface area is 221 Å². The standard InChI is InChI=1S/C30H32F2N4O2/c1-4-24(38)35-16-30(17-35)11-12-36(26(30)27(31)32)28-33-23-15-29(2,3)10-9-21(23)25(34-28)22-14-19(37)13-18-7-5-6-8-20(18)22/h4-8,13-14,26-27,37H,1,9-12,15-17H2,2-3H3/t26-/m1/s1. The number of benzene rings is 2. The molecule has 1 aliphatic carbocycles. The van der Waals surface area contributed by atoms with Crippen LogP contribution in [0.15, 0.2) is 49.1 Å². The van der Waals surface area contributed by atoms with Crippen LogP contribution in [-0.4, -0.2) is 58.0 Å². The van der Waals surface area contributed by atoms with Crippen LogP contribution in [0.25, 0.3) is 22.0 Å². The number of anilines is 1. The van der Waals surface area contributed by atoms with Crippen molar-refractivity contribution in [3.8, 4) is 17.0 Å². The number of phenols is 1. The second-order valence-corrected chi connectivity index (χ2v) is 11.8. The van der Waals surface area contributed by atoms with Crippen LogP contribution < -0.4 is 4.90 Å². The number of hydrogen-bond acceptors (Lipinski definition) is 5. The van der Waals surface area contributed by atoms with Crippen LogP contribution in [0, 0.1) is 10.8 Å². The maximum atomic E-state index is 14.7. The Hall–Kier alpha value is -3.55. The molecule has 0 bridgehead atoms. The van der Waals surface area contributed by atoms with Gasteiger partial charge in [-0.25, -0.2) is 18.7 Å². The molecule has 3 aliphatic rings. The lowest BCUT2D eigenvalue weighted by Crippen LogP contribution is -2.64. The average molecular weight is 519 g/mol. The largest absolute Gasteiger partial charge is 0.508 e. The normalized spacial score (nSPS) is 21.6. The number of aromatic nitrogens is 2. The van der Waals surface area contributed by atoms with Gasteiger partial charge in [0.1, 0.15) is 11.8 Å². The predicted molar refractivity (Wildman–Crippen MR) is 143 cm³/mol. The topological polar surface area (TPSA) is 69.6 Å². The minimum atomic E-state index is -2.61. The lowest BCUT2D eigenvalue weighted by Gasteiger charge is -2.51. The molecule has 2 aliphatic heterocycles. The molecule has 8 heteroatoms. The van der Waals surface area contributed by atoms with E-state index in [9.17, 15) is 18.7 Å². The van der Waals surface area contributed by atoms with Gasteiger partial charge >= 0.3 is 0 Å². The fourth-order valence-electron chi connectivity index (χ4n) is 6.71. The number of carbonyl (C=O) groups excluding carboxylic acids is 1. The van der Waals surface area contributed by atoms with Gasteiger partial charge in [0.25, 0.3) is 6.43 Å². The second-order valence-electron chi connectivity index (χ2n) is 11.8. The molecule has 1 N–H and O–H groups in total. The number of phenolic OH excluding ortho intramolecular Hbond substituents is 1. The summed E-state index contributed by atoms with van der Waals surface area (Å²) < 4.78 is 29.4. The number of likely N-dealkylation sites (tertiary alicyclic amines) is 1. The quantitative estimate of drug-likeness (QED) is 0.470. The third-order valence-electron chi connectivity index (χ3n) is 8.69. The van der Waals surface area contributed by atoms with Gasteiger partial charge in [0.05, 0.1) is 11.4 Å². The third-order valence-corrected chi connectivity index (χ3v) is 8.69. The number of alkyl halides is 2. The monoisotopic (exact) mass is 518 g/mol. The van der Waals surface area contributed by atoms with Gasteiger partial charge in [-0.05, 0) is 60.1 Å². The minimum Gasteiger partial charge on any atom is -0.508 e. The summed E-state index contributed by atoms with van der Waals surface area (Å²) in [7, 11) is 0. The molecule has 1 amide bonds. The Kier molecular flexibility index (Phi) is 5.70. The minimum absolute atomic E-state index is 0.0324. The Bertz CT molecular complexity index is 1450. The molecule has 2 fully saturated rings. The Morgan fingerprint density at radius 1 is 1.18 bits per heavy atom. The van der Waals surface area contributed by atoms with Crippen LogP contribution in [0.4, 0.5) is 14.7 Å². The smallest absolute Gasteiger partial charge is 0.259 e. The molecule has 38 heavy (non-hydrogen) atoms. The summed E-state index contributed by atoms with van der Waals surface area (Å²) in [6.07, 6.45) is 1.63. The first-order chi connectivity index (χ1) is 18.1. The van der Waals surface area contributed by atoms with Gasteiger partial charge in [0, 0.05) is 36.2 Å². The fourth-order valence-corrected chi connectivity index (χ4v) is 6.71. The molecule has 6 nitrogen and oxygen atoms in total. The maximum absolute atomic E-state index is 14.7. The number of aromatic hydroxyl groups is 1. The zero-order valence-corrected chi connectivity index (χ0v) is 21.8. The van der Waals surface area contributed by atoms with E-state index in [0.717, 1.165) is 46.9 Å². The number of amides is 1. The van der Waals surface area contributed by atoms with Crippen molar-refractivity contribution in [2.45, 2.75) is 52.0 Å². The molecule has 0 saturated carbocycles. The number of nitrogens with zero attached hydrogens (tertiary/aromatic N) is 4. The fraction of sp³-hybridized carbons (Fsp3) is 0.433. The van der Waals surface area contributed by atoms with E-state index < -0.39 is 17.9 Å². The van der Waals surface area contributed by atoms with E-state index in [-0.39, 0.29) is 30.2 Å². The highest BCUT2D eigenvalue weighted by Crippen LogP contribution is 2.49. The van der Waals surface area contributed by atoms with Crippen molar-refractivity contribution in [2.75, 3.05) is 24.5 Å². The molecule has 6 rings (SSSR count). The second kappa shape index (κ2) is 8.75. The molecular weight excluding hydrogens is 486 g/mol. The van der Waals surface area contributed by atoms with Crippen LogP contribution >= 0.6 is 0 Å². The zero-order valence-electron chi connectivity index (χ0n) is 21.8. The van der Waals surface area contributed by atoms with Crippen LogP contribution in [0.3, 0.4) is 0 Å².